The summed E-state index contributed by atoms with van der Waals surface area (Å²) in [5, 5.41) is 12.2. The Labute approximate surface area is 116 Å². The van der Waals surface area contributed by atoms with Crippen LogP contribution in [0.2, 0.25) is 0 Å². The number of carbonyl (C=O) groups is 1. The third kappa shape index (κ3) is 3.91. The lowest BCUT2D eigenvalue weighted by Crippen LogP contribution is -2.11. The van der Waals surface area contributed by atoms with E-state index in [9.17, 15) is 4.79 Å². The molecule has 0 spiro atoms. The van der Waals surface area contributed by atoms with Gasteiger partial charge in [0.25, 0.3) is 0 Å². The molecule has 0 atom stereocenters. The number of hydrogen-bond acceptors (Lipinski definition) is 3. The predicted molar refractivity (Wildman–Crippen MR) is 77.6 cm³/mol. The van der Waals surface area contributed by atoms with E-state index in [2.05, 4.69) is 24.4 Å². The summed E-state index contributed by atoms with van der Waals surface area (Å²) in [4.78, 5) is 13.5. The predicted octanol–water partition coefficient (Wildman–Crippen LogP) is 3.30. The van der Waals surface area contributed by atoms with Gasteiger partial charge in [-0.25, -0.2) is 4.79 Å². The molecule has 0 aliphatic heterocycles. The molecule has 0 saturated heterocycles. The van der Waals surface area contributed by atoms with Crippen LogP contribution in [0.3, 0.4) is 0 Å². The Kier molecular flexibility index (Phi) is 4.71. The normalized spacial score (nSPS) is 10.6. The molecule has 0 aliphatic carbocycles. The molecule has 19 heavy (non-hydrogen) atoms. The van der Waals surface area contributed by atoms with Crippen molar-refractivity contribution in [1.82, 2.24) is 5.32 Å². The number of aryl methyl sites for hydroxylation is 1. The number of rotatable bonds is 6. The second-order valence-electron chi connectivity index (χ2n) is 4.33. The van der Waals surface area contributed by atoms with Crippen molar-refractivity contribution in [1.29, 1.82) is 0 Å². The molecule has 0 radical (unpaired) electrons. The van der Waals surface area contributed by atoms with Gasteiger partial charge < -0.3 is 10.4 Å². The highest BCUT2D eigenvalue weighted by Gasteiger charge is 2.02. The van der Waals surface area contributed by atoms with Crippen LogP contribution in [0.5, 0.6) is 0 Å². The molecule has 2 N–H and O–H groups in total. The van der Waals surface area contributed by atoms with Crippen LogP contribution < -0.4 is 5.32 Å². The number of aromatic carboxylic acids is 1. The van der Waals surface area contributed by atoms with Crippen LogP contribution in [0.15, 0.2) is 36.4 Å². The van der Waals surface area contributed by atoms with E-state index < -0.39 is 5.97 Å². The lowest BCUT2D eigenvalue weighted by atomic mass is 10.1. The van der Waals surface area contributed by atoms with E-state index in [0.29, 0.717) is 5.56 Å². The van der Waals surface area contributed by atoms with Crippen LogP contribution >= 0.6 is 11.3 Å². The van der Waals surface area contributed by atoms with Gasteiger partial charge >= 0.3 is 5.97 Å². The molecule has 2 aromatic rings. The standard InChI is InChI=1S/C15H17NO2S/c1-2-13-7-8-14(19-13)10-16-9-11-3-5-12(6-4-11)15(17)18/h3-8,16H,2,9-10H2,1H3,(H,17,18). The van der Waals surface area contributed by atoms with E-state index in [1.54, 1.807) is 12.1 Å². The average Bonchev–Trinajstić information content (AvgIpc) is 2.87. The van der Waals surface area contributed by atoms with Crippen LogP contribution in [-0.2, 0) is 19.5 Å². The Balaban J connectivity index is 1.83. The van der Waals surface area contributed by atoms with Gasteiger partial charge in [0, 0.05) is 22.8 Å². The van der Waals surface area contributed by atoms with Crippen LogP contribution in [0, 0.1) is 0 Å². The highest BCUT2D eigenvalue weighted by Crippen LogP contribution is 2.16. The highest BCUT2D eigenvalue weighted by atomic mass is 32.1. The Morgan fingerprint density at radius 3 is 2.37 bits per heavy atom. The lowest BCUT2D eigenvalue weighted by molar-refractivity contribution is 0.0697. The molecule has 0 amide bonds. The number of hydrogen-bond donors (Lipinski definition) is 2. The molecule has 2 rings (SSSR count). The summed E-state index contributed by atoms with van der Waals surface area (Å²) in [5.74, 6) is -0.884. The molecule has 100 valence electrons. The number of benzene rings is 1. The minimum Gasteiger partial charge on any atom is -0.478 e. The third-order valence-corrected chi connectivity index (χ3v) is 4.12. The molecular formula is C15H17NO2S. The third-order valence-electron chi connectivity index (χ3n) is 2.90. The second kappa shape index (κ2) is 6.50. The zero-order valence-electron chi connectivity index (χ0n) is 10.8. The molecule has 0 bridgehead atoms. The summed E-state index contributed by atoms with van der Waals surface area (Å²) in [6.45, 7) is 3.76. The summed E-state index contributed by atoms with van der Waals surface area (Å²) < 4.78 is 0. The van der Waals surface area contributed by atoms with E-state index in [1.807, 2.05) is 23.5 Å². The van der Waals surface area contributed by atoms with Crippen molar-refractivity contribution in [2.24, 2.45) is 0 Å². The minimum absolute atomic E-state index is 0.328. The van der Waals surface area contributed by atoms with Crippen molar-refractivity contribution in [3.63, 3.8) is 0 Å². The monoisotopic (exact) mass is 275 g/mol. The van der Waals surface area contributed by atoms with E-state index in [4.69, 9.17) is 5.11 Å². The molecule has 1 aromatic heterocycles. The highest BCUT2D eigenvalue weighted by molar-refractivity contribution is 7.11. The van der Waals surface area contributed by atoms with Crippen molar-refractivity contribution in [2.75, 3.05) is 0 Å². The fourth-order valence-electron chi connectivity index (χ4n) is 1.80. The first-order chi connectivity index (χ1) is 9.19. The van der Waals surface area contributed by atoms with Gasteiger partial charge in [-0.1, -0.05) is 19.1 Å². The summed E-state index contributed by atoms with van der Waals surface area (Å²) in [7, 11) is 0. The van der Waals surface area contributed by atoms with Gasteiger partial charge in [-0.3, -0.25) is 0 Å². The first-order valence-corrected chi connectivity index (χ1v) is 7.11. The van der Waals surface area contributed by atoms with Crippen molar-refractivity contribution >= 4 is 17.3 Å². The summed E-state index contributed by atoms with van der Waals surface area (Å²) in [5.41, 5.74) is 1.42. The number of carboxylic acids is 1. The Morgan fingerprint density at radius 1 is 1.11 bits per heavy atom. The Bertz CT molecular complexity index is 546. The molecule has 1 aromatic carbocycles. The van der Waals surface area contributed by atoms with Crippen LogP contribution in [0.25, 0.3) is 0 Å². The van der Waals surface area contributed by atoms with Crippen molar-refractivity contribution < 1.29 is 9.90 Å². The fraction of sp³-hybridized carbons (Fsp3) is 0.267. The van der Waals surface area contributed by atoms with Gasteiger partial charge in [-0.2, -0.15) is 0 Å². The van der Waals surface area contributed by atoms with Gasteiger partial charge in [0.2, 0.25) is 0 Å². The van der Waals surface area contributed by atoms with Crippen LogP contribution in [0.4, 0.5) is 0 Å². The largest absolute Gasteiger partial charge is 0.478 e. The molecule has 4 heteroatoms. The SMILES string of the molecule is CCc1ccc(CNCc2ccc(C(=O)O)cc2)s1. The van der Waals surface area contributed by atoms with E-state index in [0.717, 1.165) is 25.1 Å². The van der Waals surface area contributed by atoms with E-state index in [1.165, 1.54) is 9.75 Å². The van der Waals surface area contributed by atoms with Gasteiger partial charge in [-0.05, 0) is 36.2 Å². The lowest BCUT2D eigenvalue weighted by Gasteiger charge is -2.04. The average molecular weight is 275 g/mol. The van der Waals surface area contributed by atoms with Crippen molar-refractivity contribution in [3.8, 4) is 0 Å². The van der Waals surface area contributed by atoms with Crippen molar-refractivity contribution in [2.45, 2.75) is 26.4 Å². The zero-order valence-corrected chi connectivity index (χ0v) is 11.7. The maximum atomic E-state index is 10.7. The molecule has 3 nitrogen and oxygen atoms in total. The molecule has 1 heterocycles. The smallest absolute Gasteiger partial charge is 0.335 e. The fourth-order valence-corrected chi connectivity index (χ4v) is 2.73. The van der Waals surface area contributed by atoms with Gasteiger partial charge in [0.05, 0.1) is 5.56 Å². The molecule has 0 saturated carbocycles. The zero-order chi connectivity index (χ0) is 13.7. The quantitative estimate of drug-likeness (QED) is 0.850. The van der Waals surface area contributed by atoms with Gasteiger partial charge in [0.15, 0.2) is 0 Å². The van der Waals surface area contributed by atoms with E-state index >= 15 is 0 Å². The molecule has 0 aliphatic rings. The second-order valence-corrected chi connectivity index (χ2v) is 5.58. The first-order valence-electron chi connectivity index (χ1n) is 6.29. The van der Waals surface area contributed by atoms with Crippen LogP contribution in [0.1, 0.15) is 32.6 Å². The Morgan fingerprint density at radius 2 is 1.79 bits per heavy atom. The summed E-state index contributed by atoms with van der Waals surface area (Å²) in [6, 6.07) is 11.3. The first kappa shape index (κ1) is 13.8. The maximum Gasteiger partial charge on any atom is 0.335 e. The summed E-state index contributed by atoms with van der Waals surface area (Å²) in [6.07, 6.45) is 1.08. The van der Waals surface area contributed by atoms with E-state index in [-0.39, 0.29) is 0 Å². The number of carboxylic acid groups (broad SMARTS) is 1. The summed E-state index contributed by atoms with van der Waals surface area (Å²) >= 11 is 1.83. The molecular weight excluding hydrogens is 258 g/mol. The van der Waals surface area contributed by atoms with Crippen molar-refractivity contribution in [3.05, 3.63) is 57.3 Å². The number of thiophene rings is 1. The Hall–Kier alpha value is -1.65. The molecule has 0 unspecified atom stereocenters. The topological polar surface area (TPSA) is 49.3 Å². The number of nitrogens with one attached hydrogen (secondary N) is 1. The van der Waals surface area contributed by atoms with Crippen LogP contribution in [-0.4, -0.2) is 11.1 Å². The molecule has 0 fully saturated rings. The van der Waals surface area contributed by atoms with Gasteiger partial charge in [0.1, 0.15) is 0 Å². The van der Waals surface area contributed by atoms with Gasteiger partial charge in [-0.15, -0.1) is 11.3 Å². The minimum atomic E-state index is -0.884. The maximum absolute atomic E-state index is 10.7.